The topological polar surface area (TPSA) is 288 Å². The largest absolute Gasteiger partial charge is 0.507 e. The monoisotopic (exact) mass is 936 g/mol. The summed E-state index contributed by atoms with van der Waals surface area (Å²) in [5, 5.41) is 62.5. The minimum Gasteiger partial charge on any atom is -0.507 e. The van der Waals surface area contributed by atoms with Gasteiger partial charge in [-0.3, -0.25) is 29.0 Å². The molecular formula is C51H46N5O13+. The molecule has 0 amide bonds. The van der Waals surface area contributed by atoms with Gasteiger partial charge in [0.1, 0.15) is 29.5 Å². The van der Waals surface area contributed by atoms with E-state index in [1.165, 1.54) is 57.7 Å². The highest BCUT2D eigenvalue weighted by molar-refractivity contribution is 6.10. The van der Waals surface area contributed by atoms with Crippen LogP contribution in [0.3, 0.4) is 0 Å². The number of hydrogen-bond acceptors (Lipinski definition) is 13. The number of benzene rings is 6. The van der Waals surface area contributed by atoms with Crippen molar-refractivity contribution in [2.45, 2.75) is 32.2 Å². The van der Waals surface area contributed by atoms with Crippen molar-refractivity contribution in [3.63, 3.8) is 0 Å². The highest BCUT2D eigenvalue weighted by atomic mass is 16.6. The minimum absolute atomic E-state index is 0.0156. The lowest BCUT2D eigenvalue weighted by atomic mass is 9.76. The van der Waals surface area contributed by atoms with E-state index in [9.17, 15) is 54.6 Å². The molecule has 18 heteroatoms. The quantitative estimate of drug-likeness (QED) is 0.0279. The van der Waals surface area contributed by atoms with Gasteiger partial charge < -0.3 is 51.6 Å². The van der Waals surface area contributed by atoms with E-state index < -0.39 is 61.6 Å². The number of nitrogens with two attached hydrogens (primary N) is 2. The number of anilines is 2. The lowest BCUT2D eigenvalue weighted by Gasteiger charge is -2.37. The smallest absolute Gasteiger partial charge is 0.340 e. The van der Waals surface area contributed by atoms with Gasteiger partial charge in [-0.05, 0) is 61.5 Å². The maximum absolute atomic E-state index is 13.3. The van der Waals surface area contributed by atoms with Crippen LogP contribution in [0.5, 0.6) is 23.0 Å². The van der Waals surface area contributed by atoms with E-state index in [0.717, 1.165) is 33.2 Å². The molecule has 0 saturated carbocycles. The first-order valence-corrected chi connectivity index (χ1v) is 21.5. The number of ether oxygens (including phenoxy) is 2. The van der Waals surface area contributed by atoms with Crippen molar-refractivity contribution >= 4 is 62.9 Å². The highest BCUT2D eigenvalue weighted by Crippen LogP contribution is 2.58. The Kier molecular flexibility index (Phi) is 12.8. The van der Waals surface area contributed by atoms with Gasteiger partial charge in [0, 0.05) is 81.4 Å². The number of hydrogen-bond donors (Lipinski definition) is 8. The second-order valence-electron chi connectivity index (χ2n) is 16.6. The molecule has 3 heterocycles. The summed E-state index contributed by atoms with van der Waals surface area (Å²) < 4.78 is 14.4. The van der Waals surface area contributed by atoms with Gasteiger partial charge in [0.05, 0.1) is 42.5 Å². The van der Waals surface area contributed by atoms with E-state index in [1.54, 1.807) is 18.2 Å². The Morgan fingerprint density at radius 3 is 1.61 bits per heavy atom. The highest BCUT2D eigenvalue weighted by Gasteiger charge is 2.54. The second kappa shape index (κ2) is 18.9. The van der Waals surface area contributed by atoms with Gasteiger partial charge in [0.2, 0.25) is 11.2 Å². The average Bonchev–Trinajstić information content (AvgIpc) is 3.58. The number of carbonyl (C=O) groups excluding carboxylic acids is 1. The first kappa shape index (κ1) is 46.8. The molecule has 18 nitrogen and oxygen atoms in total. The number of pyridine rings is 1. The molecule has 69 heavy (non-hydrogen) atoms. The summed E-state index contributed by atoms with van der Waals surface area (Å²) in [5.74, 6) is -6.62. The van der Waals surface area contributed by atoms with Crippen molar-refractivity contribution in [1.29, 1.82) is 0 Å². The molecule has 0 aliphatic carbocycles. The lowest BCUT2D eigenvalue weighted by Crippen LogP contribution is -2.36. The number of aryl methyl sites for hydroxylation is 1. The maximum Gasteiger partial charge on any atom is 0.340 e. The number of aromatic nitrogens is 1. The summed E-state index contributed by atoms with van der Waals surface area (Å²) in [4.78, 5) is 61.0. The van der Waals surface area contributed by atoms with Crippen LogP contribution in [-0.2, 0) is 49.2 Å². The van der Waals surface area contributed by atoms with Crippen molar-refractivity contribution in [3.05, 3.63) is 149 Å². The van der Waals surface area contributed by atoms with Crippen molar-refractivity contribution in [3.8, 4) is 34.3 Å². The lowest BCUT2D eigenvalue weighted by molar-refractivity contribution is -0.655. The molecule has 10 N–H and O–H groups in total. The number of fused-ring (bicyclic) bond motifs is 9. The van der Waals surface area contributed by atoms with Crippen LogP contribution in [0.25, 0.3) is 32.9 Å². The fourth-order valence-electron chi connectivity index (χ4n) is 9.16. The van der Waals surface area contributed by atoms with Gasteiger partial charge >= 0.3 is 29.8 Å². The molecule has 2 aliphatic rings. The predicted molar refractivity (Wildman–Crippen MR) is 251 cm³/mol. The molecule has 0 unspecified atom stereocenters. The zero-order valence-electron chi connectivity index (χ0n) is 37.0. The zero-order chi connectivity index (χ0) is 49.3. The van der Waals surface area contributed by atoms with Crippen LogP contribution in [0, 0.1) is 0 Å². The third kappa shape index (κ3) is 9.21. The number of nitrogen functional groups attached to an aromatic ring is 2. The van der Waals surface area contributed by atoms with Gasteiger partial charge in [-0.15, -0.1) is 0 Å². The van der Waals surface area contributed by atoms with Crippen LogP contribution in [0.4, 0.5) is 11.4 Å². The molecule has 352 valence electrons. The molecule has 0 fully saturated rings. The van der Waals surface area contributed by atoms with Gasteiger partial charge in [-0.25, -0.2) is 4.79 Å². The third-order valence-electron chi connectivity index (χ3n) is 11.9. The summed E-state index contributed by atoms with van der Waals surface area (Å²) in [5.41, 5.74) is 16.6. The molecule has 2 aliphatic heterocycles. The van der Waals surface area contributed by atoms with Crippen LogP contribution >= 0.6 is 0 Å². The van der Waals surface area contributed by atoms with E-state index in [0.29, 0.717) is 5.56 Å². The van der Waals surface area contributed by atoms with Crippen LogP contribution in [0.15, 0.2) is 115 Å². The molecule has 1 spiro atoms. The minimum atomic E-state index is -1.75. The number of phenols is 2. The van der Waals surface area contributed by atoms with Gasteiger partial charge in [-0.1, -0.05) is 42.5 Å². The molecule has 0 saturated heterocycles. The van der Waals surface area contributed by atoms with E-state index in [-0.39, 0.29) is 63.9 Å². The summed E-state index contributed by atoms with van der Waals surface area (Å²) in [6, 6.07) is 34.4. The molecule has 0 atom stereocenters. The van der Waals surface area contributed by atoms with Crippen LogP contribution in [-0.4, -0.2) is 96.5 Å². The number of phenolic OH excluding ortho intramolecular Hbond substituents is 2. The Bertz CT molecular complexity index is 3110. The fourth-order valence-corrected chi connectivity index (χ4v) is 9.16. The Morgan fingerprint density at radius 2 is 1.09 bits per heavy atom. The van der Waals surface area contributed by atoms with Crippen LogP contribution in [0.1, 0.15) is 45.1 Å². The summed E-state index contributed by atoms with van der Waals surface area (Å²) >= 11 is 0. The standard InChI is InChI=1S/C30H26N2O13.C21H19N3/c33-21-7-23-19(5-15(21)9-31(11-25(35)36)12-26(37)38)30(18-4-2-1-3-17(18)29(43)45-30)20-6-16(22(34)8-24(20)44-23)10-32(13-27(39)40)14-28(41)42;1-2-24-20-13-16(23)9-11-18(20)17-10-8-15(22)12-19(17)21(24)14-6-4-3-5-7-14/h1-8,33-34H,9-14H2,(H,35,36)(H,37,38)(H,39,40)(H,41,42);3-13,23H,2,22H2,1H3/p+1. The number of carbonyl (C=O) groups is 5. The molecule has 0 radical (unpaired) electrons. The van der Waals surface area contributed by atoms with Crippen LogP contribution < -0.4 is 20.8 Å². The number of aliphatic carboxylic acids is 4. The number of aromatic hydroxyl groups is 2. The molecule has 9 rings (SSSR count). The Hall–Kier alpha value is -8.74. The molecule has 1 aromatic heterocycles. The van der Waals surface area contributed by atoms with Gasteiger partial charge in [-0.2, -0.15) is 4.57 Å². The number of carboxylic acids is 4. The van der Waals surface area contributed by atoms with Gasteiger partial charge in [0.15, 0.2) is 5.60 Å². The predicted octanol–water partition coefficient (Wildman–Crippen LogP) is 5.74. The maximum atomic E-state index is 13.3. The third-order valence-corrected chi connectivity index (χ3v) is 11.9. The fraction of sp³-hybridized carbons (Fsp3) is 0.176. The van der Waals surface area contributed by atoms with Crippen molar-refractivity contribution in [2.24, 2.45) is 0 Å². The zero-order valence-corrected chi connectivity index (χ0v) is 37.0. The van der Waals surface area contributed by atoms with Crippen molar-refractivity contribution in [1.82, 2.24) is 9.80 Å². The summed E-state index contributed by atoms with van der Waals surface area (Å²) in [6.07, 6.45) is 0. The van der Waals surface area contributed by atoms with Crippen molar-refractivity contribution in [2.75, 3.05) is 37.6 Å². The SMILES string of the molecule is CC[n+]1c(-c2ccccc2)c2cc(N)ccc2c2ccc(N)cc21.O=C(O)CN(CC(=O)O)Cc1cc2c(cc1O)Oc1cc(O)c(CN(CC(=O)O)CC(=O)O)cc1C21OC(=O)c2ccccc21. The van der Waals surface area contributed by atoms with E-state index in [1.807, 2.05) is 18.2 Å². The van der Waals surface area contributed by atoms with E-state index >= 15 is 0 Å². The summed E-state index contributed by atoms with van der Waals surface area (Å²) in [7, 11) is 0. The Balaban J connectivity index is 0.000000223. The molecule has 6 aromatic carbocycles. The molecule has 7 aromatic rings. The van der Waals surface area contributed by atoms with E-state index in [2.05, 4.69) is 60.0 Å². The number of esters is 1. The Labute approximate surface area is 393 Å². The number of carboxylic acid groups (broad SMARTS) is 4. The summed E-state index contributed by atoms with van der Waals surface area (Å²) in [6.45, 7) is -0.253. The first-order chi connectivity index (χ1) is 33.0. The second-order valence-corrected chi connectivity index (χ2v) is 16.6. The number of rotatable bonds is 14. The molecular weight excluding hydrogens is 891 g/mol. The van der Waals surface area contributed by atoms with E-state index in [4.69, 9.17) is 20.9 Å². The van der Waals surface area contributed by atoms with Crippen molar-refractivity contribution < 1.29 is 68.7 Å². The first-order valence-electron chi connectivity index (χ1n) is 21.5. The average molecular weight is 937 g/mol. The normalized spacial score (nSPS) is 13.0. The molecule has 0 bridgehead atoms. The van der Waals surface area contributed by atoms with Gasteiger partial charge in [0.25, 0.3) is 0 Å². The van der Waals surface area contributed by atoms with Crippen LogP contribution in [0.2, 0.25) is 0 Å². The Morgan fingerprint density at radius 1 is 0.594 bits per heavy atom. The number of nitrogens with zero attached hydrogens (tertiary/aromatic N) is 3.